The summed E-state index contributed by atoms with van der Waals surface area (Å²) in [7, 11) is 1.68. The Kier molecular flexibility index (Phi) is 5.81. The number of benzene rings is 1. The van der Waals surface area contributed by atoms with E-state index in [9.17, 15) is 0 Å². The van der Waals surface area contributed by atoms with Gasteiger partial charge in [-0.05, 0) is 69.5 Å². The summed E-state index contributed by atoms with van der Waals surface area (Å²) in [6, 6.07) is 8.11. The number of hydrogen-bond donors (Lipinski definition) is 1. The Bertz CT molecular complexity index is 857. The highest BCUT2D eigenvalue weighted by Gasteiger charge is 2.14. The van der Waals surface area contributed by atoms with E-state index in [1.165, 1.54) is 37.1 Å². The Labute approximate surface area is 167 Å². The first-order valence-corrected chi connectivity index (χ1v) is 10.2. The highest BCUT2D eigenvalue weighted by atomic mass is 16.5. The van der Waals surface area contributed by atoms with Gasteiger partial charge in [-0.1, -0.05) is 12.2 Å². The van der Waals surface area contributed by atoms with Crippen molar-refractivity contribution in [1.29, 1.82) is 0 Å². The topological polar surface area (TPSA) is 46.6 Å². The molecule has 1 aliphatic carbocycles. The zero-order chi connectivity index (χ0) is 19.3. The van der Waals surface area contributed by atoms with Crippen molar-refractivity contribution in [2.24, 2.45) is 0 Å². The number of aryl methyl sites for hydroxylation is 1. The van der Waals surface area contributed by atoms with Crippen LogP contribution in [-0.2, 0) is 6.42 Å². The number of anilines is 2. The van der Waals surface area contributed by atoms with Crippen LogP contribution >= 0.6 is 0 Å². The molecule has 1 aromatic carbocycles. The molecule has 0 amide bonds. The molecule has 0 atom stereocenters. The predicted octanol–water partition coefficient (Wildman–Crippen LogP) is 4.58. The Morgan fingerprint density at radius 1 is 1.14 bits per heavy atom. The van der Waals surface area contributed by atoms with E-state index in [1.54, 1.807) is 7.11 Å². The van der Waals surface area contributed by atoms with Gasteiger partial charge in [-0.25, -0.2) is 4.98 Å². The molecule has 0 saturated carbocycles. The third-order valence-electron chi connectivity index (χ3n) is 5.40. The maximum Gasteiger partial charge on any atom is 0.163 e. The molecule has 4 rings (SSSR count). The first kappa shape index (κ1) is 18.8. The number of hydrogen-bond acceptors (Lipinski definition) is 5. The summed E-state index contributed by atoms with van der Waals surface area (Å²) in [5, 5.41) is 3.47. The van der Waals surface area contributed by atoms with Crippen molar-refractivity contribution < 1.29 is 9.47 Å². The fraction of sp³-hybridized carbons (Fsp3) is 0.435. The second-order valence-electron chi connectivity index (χ2n) is 7.53. The van der Waals surface area contributed by atoms with Crippen molar-refractivity contribution in [3.05, 3.63) is 47.2 Å². The summed E-state index contributed by atoms with van der Waals surface area (Å²) in [5.74, 6) is 2.43. The van der Waals surface area contributed by atoms with Crippen LogP contribution in [0.1, 0.15) is 36.1 Å². The number of likely N-dealkylation sites (tertiary alicyclic amines) is 1. The van der Waals surface area contributed by atoms with Gasteiger partial charge >= 0.3 is 0 Å². The van der Waals surface area contributed by atoms with Gasteiger partial charge in [0.25, 0.3) is 0 Å². The minimum absolute atomic E-state index is 0.692. The molecule has 5 nitrogen and oxygen atoms in total. The summed E-state index contributed by atoms with van der Waals surface area (Å²) < 4.78 is 11.5. The molecular formula is C23H29N3O2. The fourth-order valence-electron chi connectivity index (χ4n) is 3.99. The molecule has 2 heterocycles. The maximum absolute atomic E-state index is 6.06. The number of ether oxygens (including phenoxy) is 2. The number of fused-ring (bicyclic) bond motifs is 1. The molecule has 0 spiro atoms. The van der Waals surface area contributed by atoms with Gasteiger partial charge in [0, 0.05) is 29.6 Å². The summed E-state index contributed by atoms with van der Waals surface area (Å²) in [6.07, 6.45) is 8.98. The van der Waals surface area contributed by atoms with E-state index in [-0.39, 0.29) is 0 Å². The minimum Gasteiger partial charge on any atom is -0.493 e. The summed E-state index contributed by atoms with van der Waals surface area (Å²) in [4.78, 5) is 7.20. The third-order valence-corrected chi connectivity index (χ3v) is 5.40. The van der Waals surface area contributed by atoms with Crippen molar-refractivity contribution in [3.8, 4) is 11.5 Å². The molecule has 28 heavy (non-hydrogen) atoms. The van der Waals surface area contributed by atoms with Crippen LogP contribution in [0, 0.1) is 6.92 Å². The van der Waals surface area contributed by atoms with Gasteiger partial charge in [0.15, 0.2) is 11.5 Å². The Morgan fingerprint density at radius 2 is 2.00 bits per heavy atom. The molecule has 1 saturated heterocycles. The molecule has 0 bridgehead atoms. The molecule has 148 valence electrons. The van der Waals surface area contributed by atoms with E-state index >= 15 is 0 Å². The van der Waals surface area contributed by atoms with Gasteiger partial charge in [0.05, 0.1) is 13.7 Å². The molecule has 0 radical (unpaired) electrons. The van der Waals surface area contributed by atoms with E-state index in [2.05, 4.69) is 28.4 Å². The highest BCUT2D eigenvalue weighted by Crippen LogP contribution is 2.33. The predicted molar refractivity (Wildman–Crippen MR) is 114 cm³/mol. The Balaban J connectivity index is 1.44. The normalized spacial score (nSPS) is 15.6. The van der Waals surface area contributed by atoms with Crippen LogP contribution in [-0.4, -0.2) is 43.2 Å². The monoisotopic (exact) mass is 379 g/mol. The molecule has 2 aromatic rings. The second kappa shape index (κ2) is 8.65. The van der Waals surface area contributed by atoms with E-state index in [4.69, 9.17) is 14.5 Å². The van der Waals surface area contributed by atoms with Crippen LogP contribution in [0.2, 0.25) is 0 Å². The number of methoxy groups -OCH3 is 1. The van der Waals surface area contributed by atoms with Crippen LogP contribution in [0.3, 0.4) is 0 Å². The van der Waals surface area contributed by atoms with E-state index in [0.717, 1.165) is 48.1 Å². The van der Waals surface area contributed by atoms with E-state index < -0.39 is 0 Å². The molecule has 1 fully saturated rings. The number of rotatable bonds is 8. The van der Waals surface area contributed by atoms with Crippen molar-refractivity contribution in [3.63, 3.8) is 0 Å². The zero-order valence-corrected chi connectivity index (χ0v) is 16.8. The van der Waals surface area contributed by atoms with Crippen LogP contribution in [0.5, 0.6) is 11.5 Å². The van der Waals surface area contributed by atoms with Crippen LogP contribution in [0.25, 0.3) is 6.08 Å². The Hall–Kier alpha value is -2.53. The van der Waals surface area contributed by atoms with E-state index in [0.29, 0.717) is 6.61 Å². The lowest BCUT2D eigenvalue weighted by atomic mass is 10.1. The number of nitrogens with one attached hydrogen (secondary N) is 1. The number of aromatic nitrogens is 1. The molecule has 5 heteroatoms. The lowest BCUT2D eigenvalue weighted by Crippen LogP contribution is -2.21. The van der Waals surface area contributed by atoms with Gasteiger partial charge in [-0.3, -0.25) is 0 Å². The SMILES string of the molecule is COc1ccc(Nc2nc(C)cc3c2C=CC3)cc1OCCCN1CCCC1. The van der Waals surface area contributed by atoms with Crippen LogP contribution in [0.4, 0.5) is 11.5 Å². The molecule has 1 aliphatic heterocycles. The molecular weight excluding hydrogens is 350 g/mol. The first-order chi connectivity index (χ1) is 13.7. The highest BCUT2D eigenvalue weighted by molar-refractivity contribution is 5.75. The molecule has 1 aromatic heterocycles. The van der Waals surface area contributed by atoms with Crippen LogP contribution < -0.4 is 14.8 Å². The minimum atomic E-state index is 0.692. The van der Waals surface area contributed by atoms with Gasteiger partial charge in [0.1, 0.15) is 5.82 Å². The largest absolute Gasteiger partial charge is 0.493 e. The van der Waals surface area contributed by atoms with Crippen molar-refractivity contribution >= 4 is 17.6 Å². The Morgan fingerprint density at radius 3 is 2.82 bits per heavy atom. The quantitative estimate of drug-likeness (QED) is 0.681. The molecule has 2 aliphatic rings. The standard InChI is InChI=1S/C23H29N3O2/c1-17-15-18-7-5-8-20(18)23(24-17)25-19-9-10-21(27-2)22(16-19)28-14-6-13-26-11-3-4-12-26/h5,8-10,15-16H,3-4,6-7,11-14H2,1-2H3,(H,24,25). The van der Waals surface area contributed by atoms with Gasteiger partial charge in [-0.15, -0.1) is 0 Å². The lowest BCUT2D eigenvalue weighted by Gasteiger charge is -2.16. The van der Waals surface area contributed by atoms with E-state index in [1.807, 2.05) is 25.1 Å². The van der Waals surface area contributed by atoms with Crippen molar-refractivity contribution in [1.82, 2.24) is 9.88 Å². The second-order valence-corrected chi connectivity index (χ2v) is 7.53. The van der Waals surface area contributed by atoms with Crippen molar-refractivity contribution in [2.75, 3.05) is 38.7 Å². The summed E-state index contributed by atoms with van der Waals surface area (Å²) >= 11 is 0. The first-order valence-electron chi connectivity index (χ1n) is 10.2. The molecule has 1 N–H and O–H groups in total. The van der Waals surface area contributed by atoms with Gasteiger partial charge in [-0.2, -0.15) is 0 Å². The summed E-state index contributed by atoms with van der Waals surface area (Å²) in [5.41, 5.74) is 4.48. The number of pyridine rings is 1. The van der Waals surface area contributed by atoms with Crippen molar-refractivity contribution in [2.45, 2.75) is 32.6 Å². The summed E-state index contributed by atoms with van der Waals surface area (Å²) in [6.45, 7) is 6.28. The number of allylic oxidation sites excluding steroid dienone is 1. The number of nitrogens with zero attached hydrogens (tertiary/aromatic N) is 2. The fourth-order valence-corrected chi connectivity index (χ4v) is 3.99. The van der Waals surface area contributed by atoms with Gasteiger partial charge < -0.3 is 19.7 Å². The van der Waals surface area contributed by atoms with Crippen LogP contribution in [0.15, 0.2) is 30.3 Å². The van der Waals surface area contributed by atoms with Gasteiger partial charge in [0.2, 0.25) is 0 Å². The smallest absolute Gasteiger partial charge is 0.163 e. The average Bonchev–Trinajstić information content (AvgIpc) is 3.37. The lowest BCUT2D eigenvalue weighted by molar-refractivity contribution is 0.254. The zero-order valence-electron chi connectivity index (χ0n) is 16.8. The molecule has 0 unspecified atom stereocenters. The maximum atomic E-state index is 6.06. The average molecular weight is 380 g/mol. The third kappa shape index (κ3) is 4.30.